The van der Waals surface area contributed by atoms with E-state index in [1.807, 2.05) is 0 Å². The standard InChI is InChI=1S/C17H27NO/c1-4-9-18-12-15-6-5-10-19-17(15)16-11-13(2)7-8-14(16)3/h7-8,11,15,17-18H,4-6,9-10,12H2,1-3H3. The van der Waals surface area contributed by atoms with Crippen LogP contribution in [0, 0.1) is 19.8 Å². The Kier molecular flexibility index (Phi) is 5.41. The highest BCUT2D eigenvalue weighted by Gasteiger charge is 2.28. The first-order valence-electron chi connectivity index (χ1n) is 7.62. The number of nitrogens with one attached hydrogen (secondary N) is 1. The molecule has 0 amide bonds. The van der Waals surface area contributed by atoms with Crippen molar-refractivity contribution >= 4 is 0 Å². The van der Waals surface area contributed by atoms with E-state index in [1.165, 1.54) is 36.0 Å². The molecule has 1 N–H and O–H groups in total. The molecule has 1 aromatic rings. The predicted octanol–water partition coefficient (Wildman–Crippen LogP) is 3.77. The second-order valence-corrected chi connectivity index (χ2v) is 5.76. The quantitative estimate of drug-likeness (QED) is 0.815. The van der Waals surface area contributed by atoms with Gasteiger partial charge in [0.2, 0.25) is 0 Å². The molecular weight excluding hydrogens is 234 g/mol. The lowest BCUT2D eigenvalue weighted by atomic mass is 9.87. The van der Waals surface area contributed by atoms with Gasteiger partial charge in [-0.05, 0) is 50.8 Å². The summed E-state index contributed by atoms with van der Waals surface area (Å²) in [6.07, 6.45) is 3.94. The van der Waals surface area contributed by atoms with Crippen LogP contribution >= 0.6 is 0 Å². The fourth-order valence-electron chi connectivity index (χ4n) is 2.93. The maximum absolute atomic E-state index is 6.10. The summed E-state index contributed by atoms with van der Waals surface area (Å²) in [5.41, 5.74) is 4.08. The highest BCUT2D eigenvalue weighted by atomic mass is 16.5. The molecule has 0 saturated carbocycles. The van der Waals surface area contributed by atoms with Gasteiger partial charge in [0.1, 0.15) is 0 Å². The van der Waals surface area contributed by atoms with Gasteiger partial charge in [-0.15, -0.1) is 0 Å². The third-order valence-electron chi connectivity index (χ3n) is 4.02. The summed E-state index contributed by atoms with van der Waals surface area (Å²) >= 11 is 0. The van der Waals surface area contributed by atoms with Gasteiger partial charge in [0.15, 0.2) is 0 Å². The molecule has 2 nitrogen and oxygen atoms in total. The zero-order valence-electron chi connectivity index (χ0n) is 12.5. The van der Waals surface area contributed by atoms with Crippen LogP contribution in [0.3, 0.4) is 0 Å². The molecule has 0 aliphatic carbocycles. The third kappa shape index (κ3) is 3.80. The third-order valence-corrected chi connectivity index (χ3v) is 4.02. The van der Waals surface area contributed by atoms with E-state index in [-0.39, 0.29) is 6.10 Å². The van der Waals surface area contributed by atoms with Crippen molar-refractivity contribution in [3.8, 4) is 0 Å². The minimum Gasteiger partial charge on any atom is -0.373 e. The fourth-order valence-corrected chi connectivity index (χ4v) is 2.93. The zero-order valence-corrected chi connectivity index (χ0v) is 12.5. The Morgan fingerprint density at radius 1 is 1.32 bits per heavy atom. The highest BCUT2D eigenvalue weighted by Crippen LogP contribution is 2.35. The Labute approximate surface area is 117 Å². The average molecular weight is 261 g/mol. The molecule has 0 aromatic heterocycles. The Bertz CT molecular complexity index is 402. The first kappa shape index (κ1) is 14.5. The van der Waals surface area contributed by atoms with Crippen LogP contribution in [0.15, 0.2) is 18.2 Å². The minimum absolute atomic E-state index is 0.276. The summed E-state index contributed by atoms with van der Waals surface area (Å²) in [6, 6.07) is 6.71. The number of rotatable bonds is 5. The molecule has 0 bridgehead atoms. The lowest BCUT2D eigenvalue weighted by Crippen LogP contribution is -2.32. The molecule has 1 heterocycles. The number of hydrogen-bond acceptors (Lipinski definition) is 2. The van der Waals surface area contributed by atoms with Crippen molar-refractivity contribution in [2.45, 2.75) is 46.1 Å². The number of ether oxygens (including phenoxy) is 1. The molecule has 106 valence electrons. The van der Waals surface area contributed by atoms with E-state index >= 15 is 0 Å². The largest absolute Gasteiger partial charge is 0.373 e. The molecule has 19 heavy (non-hydrogen) atoms. The van der Waals surface area contributed by atoms with Crippen LogP contribution in [-0.2, 0) is 4.74 Å². The van der Waals surface area contributed by atoms with Crippen molar-refractivity contribution in [2.24, 2.45) is 5.92 Å². The van der Waals surface area contributed by atoms with Gasteiger partial charge < -0.3 is 10.1 Å². The fraction of sp³-hybridized carbons (Fsp3) is 0.647. The molecule has 2 rings (SSSR count). The van der Waals surface area contributed by atoms with Gasteiger partial charge in [-0.1, -0.05) is 30.7 Å². The van der Waals surface area contributed by atoms with Crippen LogP contribution < -0.4 is 5.32 Å². The number of hydrogen-bond donors (Lipinski definition) is 1. The van der Waals surface area contributed by atoms with Crippen molar-refractivity contribution in [3.63, 3.8) is 0 Å². The molecule has 2 heteroatoms. The van der Waals surface area contributed by atoms with Gasteiger partial charge >= 0.3 is 0 Å². The topological polar surface area (TPSA) is 21.3 Å². The highest BCUT2D eigenvalue weighted by molar-refractivity contribution is 5.33. The maximum Gasteiger partial charge on any atom is 0.0867 e. The van der Waals surface area contributed by atoms with Gasteiger partial charge in [-0.3, -0.25) is 0 Å². The summed E-state index contributed by atoms with van der Waals surface area (Å²) in [5, 5.41) is 3.56. The lowest BCUT2D eigenvalue weighted by Gasteiger charge is -2.33. The van der Waals surface area contributed by atoms with Crippen molar-refractivity contribution in [1.82, 2.24) is 5.32 Å². The van der Waals surface area contributed by atoms with Crippen molar-refractivity contribution in [3.05, 3.63) is 34.9 Å². The first-order valence-corrected chi connectivity index (χ1v) is 7.62. The van der Waals surface area contributed by atoms with Gasteiger partial charge in [0.05, 0.1) is 6.10 Å². The molecule has 2 atom stereocenters. The molecule has 1 aliphatic rings. The zero-order chi connectivity index (χ0) is 13.7. The normalized spacial score (nSPS) is 23.5. The van der Waals surface area contributed by atoms with Crippen molar-refractivity contribution in [1.29, 1.82) is 0 Å². The smallest absolute Gasteiger partial charge is 0.0867 e. The summed E-state index contributed by atoms with van der Waals surface area (Å²) in [7, 11) is 0. The van der Waals surface area contributed by atoms with Crippen LogP contribution in [-0.4, -0.2) is 19.7 Å². The van der Waals surface area contributed by atoms with Crippen LogP contribution in [0.1, 0.15) is 49.0 Å². The van der Waals surface area contributed by atoms with Crippen molar-refractivity contribution in [2.75, 3.05) is 19.7 Å². The summed E-state index contributed by atoms with van der Waals surface area (Å²) in [5.74, 6) is 0.612. The molecule has 0 spiro atoms. The van der Waals surface area contributed by atoms with E-state index in [2.05, 4.69) is 44.3 Å². The van der Waals surface area contributed by atoms with E-state index < -0.39 is 0 Å². The second-order valence-electron chi connectivity index (χ2n) is 5.76. The number of benzene rings is 1. The van der Waals surface area contributed by atoms with Crippen LogP contribution in [0.2, 0.25) is 0 Å². The second kappa shape index (κ2) is 7.06. The summed E-state index contributed by atoms with van der Waals surface area (Å²) in [6.45, 7) is 9.66. The molecule has 1 aliphatic heterocycles. The lowest BCUT2D eigenvalue weighted by molar-refractivity contribution is -0.0280. The van der Waals surface area contributed by atoms with Crippen LogP contribution in [0.5, 0.6) is 0 Å². The number of aryl methyl sites for hydroxylation is 2. The summed E-state index contributed by atoms with van der Waals surface area (Å²) < 4.78 is 6.10. The van der Waals surface area contributed by atoms with Crippen LogP contribution in [0.25, 0.3) is 0 Å². The monoisotopic (exact) mass is 261 g/mol. The SMILES string of the molecule is CCCNCC1CCCOC1c1cc(C)ccc1C. The molecule has 2 unspecified atom stereocenters. The van der Waals surface area contributed by atoms with Gasteiger partial charge in [0, 0.05) is 19.1 Å². The first-order chi connectivity index (χ1) is 9.22. The Hall–Kier alpha value is -0.860. The van der Waals surface area contributed by atoms with Gasteiger partial charge in [-0.2, -0.15) is 0 Å². The Balaban J connectivity index is 2.11. The molecule has 1 saturated heterocycles. The molecule has 0 radical (unpaired) electrons. The van der Waals surface area contributed by atoms with E-state index in [1.54, 1.807) is 0 Å². The van der Waals surface area contributed by atoms with E-state index in [9.17, 15) is 0 Å². The molecular formula is C17H27NO. The van der Waals surface area contributed by atoms with Crippen molar-refractivity contribution < 1.29 is 4.74 Å². The molecule has 1 aromatic carbocycles. The van der Waals surface area contributed by atoms with E-state index in [0.717, 1.165) is 19.7 Å². The van der Waals surface area contributed by atoms with Gasteiger partial charge in [0.25, 0.3) is 0 Å². The Morgan fingerprint density at radius 3 is 2.95 bits per heavy atom. The van der Waals surface area contributed by atoms with Crippen LogP contribution in [0.4, 0.5) is 0 Å². The van der Waals surface area contributed by atoms with Gasteiger partial charge in [-0.25, -0.2) is 0 Å². The maximum atomic E-state index is 6.10. The van der Waals surface area contributed by atoms with E-state index in [4.69, 9.17) is 4.74 Å². The summed E-state index contributed by atoms with van der Waals surface area (Å²) in [4.78, 5) is 0. The Morgan fingerprint density at radius 2 is 2.16 bits per heavy atom. The molecule has 1 fully saturated rings. The minimum atomic E-state index is 0.276. The van der Waals surface area contributed by atoms with E-state index in [0.29, 0.717) is 5.92 Å². The average Bonchev–Trinajstić information content (AvgIpc) is 2.42. The predicted molar refractivity (Wildman–Crippen MR) is 80.5 cm³/mol.